The lowest BCUT2D eigenvalue weighted by Crippen LogP contribution is -2.43. The zero-order valence-electron chi connectivity index (χ0n) is 11.2. The van der Waals surface area contributed by atoms with Crippen LogP contribution in [0.3, 0.4) is 0 Å². The molecule has 104 valence electrons. The van der Waals surface area contributed by atoms with E-state index in [1.165, 1.54) is 0 Å². The number of hydrogen-bond acceptors (Lipinski definition) is 3. The van der Waals surface area contributed by atoms with Crippen molar-refractivity contribution >= 4 is 0 Å². The topological polar surface area (TPSA) is 38.5 Å². The monoisotopic (exact) mass is 264 g/mol. The average molecular weight is 264 g/mol. The summed E-state index contributed by atoms with van der Waals surface area (Å²) in [6.45, 7) is 3.90. The molecule has 0 spiro atoms. The van der Waals surface area contributed by atoms with Gasteiger partial charge in [0.15, 0.2) is 0 Å². The third kappa shape index (κ3) is 2.66. The molecule has 0 amide bonds. The first kappa shape index (κ1) is 13.0. The maximum atomic E-state index is 14.2. The molecule has 1 saturated heterocycles. The van der Waals surface area contributed by atoms with E-state index in [0.717, 1.165) is 56.7 Å². The van der Waals surface area contributed by atoms with Crippen molar-refractivity contribution in [2.45, 2.75) is 31.3 Å². The molecule has 0 radical (unpaired) electrons. The van der Waals surface area contributed by atoms with Crippen LogP contribution in [0.4, 0.5) is 4.39 Å². The van der Waals surface area contributed by atoms with Crippen molar-refractivity contribution in [3.63, 3.8) is 0 Å². The first-order valence-corrected chi connectivity index (χ1v) is 7.05. The van der Waals surface area contributed by atoms with Gasteiger partial charge in [-0.05, 0) is 30.9 Å². The fourth-order valence-electron chi connectivity index (χ4n) is 2.83. The van der Waals surface area contributed by atoms with Gasteiger partial charge in [-0.25, -0.2) is 4.39 Å². The van der Waals surface area contributed by atoms with Crippen LogP contribution < -0.4 is 5.73 Å². The zero-order chi connectivity index (χ0) is 13.3. The van der Waals surface area contributed by atoms with E-state index in [-0.39, 0.29) is 11.4 Å². The van der Waals surface area contributed by atoms with Gasteiger partial charge in [0.1, 0.15) is 5.82 Å². The van der Waals surface area contributed by atoms with Gasteiger partial charge in [0.2, 0.25) is 0 Å². The van der Waals surface area contributed by atoms with Crippen molar-refractivity contribution < 1.29 is 9.13 Å². The highest BCUT2D eigenvalue weighted by molar-refractivity contribution is 5.31. The number of ether oxygens (including phenoxy) is 1. The van der Waals surface area contributed by atoms with Crippen LogP contribution in [0.1, 0.15) is 30.4 Å². The SMILES string of the molecule is NC1(c2ccc(CN3CCOCC3)c(F)c2)CCC1. The van der Waals surface area contributed by atoms with Crippen LogP contribution in [0, 0.1) is 5.82 Å². The number of nitrogens with two attached hydrogens (primary N) is 1. The first-order chi connectivity index (χ1) is 9.17. The van der Waals surface area contributed by atoms with E-state index in [1.54, 1.807) is 6.07 Å². The number of halogens is 1. The number of rotatable bonds is 3. The fourth-order valence-corrected chi connectivity index (χ4v) is 2.83. The van der Waals surface area contributed by atoms with Crippen LogP contribution in [-0.2, 0) is 16.8 Å². The highest BCUT2D eigenvalue weighted by Crippen LogP contribution is 2.39. The quantitative estimate of drug-likeness (QED) is 0.907. The van der Waals surface area contributed by atoms with Gasteiger partial charge in [-0.3, -0.25) is 4.90 Å². The molecule has 0 unspecified atom stereocenters. The minimum absolute atomic E-state index is 0.124. The summed E-state index contributed by atoms with van der Waals surface area (Å²) in [6, 6.07) is 5.53. The zero-order valence-corrected chi connectivity index (χ0v) is 11.2. The van der Waals surface area contributed by atoms with Crippen molar-refractivity contribution in [1.29, 1.82) is 0 Å². The van der Waals surface area contributed by atoms with Gasteiger partial charge in [-0.15, -0.1) is 0 Å². The molecule has 1 aliphatic heterocycles. The van der Waals surface area contributed by atoms with Crippen LogP contribution >= 0.6 is 0 Å². The van der Waals surface area contributed by atoms with Crippen molar-refractivity contribution in [2.75, 3.05) is 26.3 Å². The molecule has 3 rings (SSSR count). The van der Waals surface area contributed by atoms with Crippen LogP contribution in [0.25, 0.3) is 0 Å². The Morgan fingerprint density at radius 1 is 1.26 bits per heavy atom. The average Bonchev–Trinajstić information content (AvgIpc) is 2.39. The van der Waals surface area contributed by atoms with E-state index < -0.39 is 0 Å². The number of hydrogen-bond donors (Lipinski definition) is 1. The van der Waals surface area contributed by atoms with Gasteiger partial charge < -0.3 is 10.5 Å². The van der Waals surface area contributed by atoms with Crippen molar-refractivity contribution in [1.82, 2.24) is 4.90 Å². The Balaban J connectivity index is 1.72. The molecule has 1 aromatic carbocycles. The Kier molecular flexibility index (Phi) is 3.56. The highest BCUT2D eigenvalue weighted by Gasteiger charge is 2.34. The Morgan fingerprint density at radius 2 is 2.00 bits per heavy atom. The molecule has 1 heterocycles. The molecule has 1 aliphatic carbocycles. The van der Waals surface area contributed by atoms with Gasteiger partial charge >= 0.3 is 0 Å². The fraction of sp³-hybridized carbons (Fsp3) is 0.600. The molecule has 2 aliphatic rings. The summed E-state index contributed by atoms with van der Waals surface area (Å²) in [5, 5.41) is 0. The maximum Gasteiger partial charge on any atom is 0.128 e. The molecule has 4 heteroatoms. The molecule has 1 aromatic rings. The summed E-state index contributed by atoms with van der Waals surface area (Å²) in [5.74, 6) is -0.124. The van der Waals surface area contributed by atoms with Crippen LogP contribution in [0.15, 0.2) is 18.2 Å². The van der Waals surface area contributed by atoms with Crippen LogP contribution in [0.5, 0.6) is 0 Å². The number of nitrogens with zero attached hydrogens (tertiary/aromatic N) is 1. The summed E-state index contributed by atoms with van der Waals surface area (Å²) < 4.78 is 19.5. The second kappa shape index (κ2) is 5.19. The Labute approximate surface area is 113 Å². The predicted octanol–water partition coefficient (Wildman–Crippen LogP) is 2.00. The Bertz CT molecular complexity index is 453. The largest absolute Gasteiger partial charge is 0.379 e. The van der Waals surface area contributed by atoms with Crippen LogP contribution in [-0.4, -0.2) is 31.2 Å². The van der Waals surface area contributed by atoms with Gasteiger partial charge in [-0.2, -0.15) is 0 Å². The van der Waals surface area contributed by atoms with E-state index in [2.05, 4.69) is 4.90 Å². The van der Waals surface area contributed by atoms with Gasteiger partial charge in [0, 0.05) is 30.7 Å². The molecule has 0 atom stereocenters. The second-order valence-corrected chi connectivity index (χ2v) is 5.70. The van der Waals surface area contributed by atoms with Crippen molar-refractivity contribution in [2.24, 2.45) is 5.73 Å². The summed E-state index contributed by atoms with van der Waals surface area (Å²) >= 11 is 0. The minimum atomic E-state index is -0.279. The van der Waals surface area contributed by atoms with Crippen molar-refractivity contribution in [3.8, 4) is 0 Å². The molecule has 0 bridgehead atoms. The predicted molar refractivity (Wildman–Crippen MR) is 72.2 cm³/mol. The highest BCUT2D eigenvalue weighted by atomic mass is 19.1. The first-order valence-electron chi connectivity index (χ1n) is 7.05. The van der Waals surface area contributed by atoms with Crippen LogP contribution in [0.2, 0.25) is 0 Å². The third-order valence-corrected chi connectivity index (χ3v) is 4.37. The van der Waals surface area contributed by atoms with Gasteiger partial charge in [-0.1, -0.05) is 12.1 Å². The number of benzene rings is 1. The van der Waals surface area contributed by atoms with E-state index in [1.807, 2.05) is 12.1 Å². The Morgan fingerprint density at radius 3 is 2.58 bits per heavy atom. The maximum absolute atomic E-state index is 14.2. The lowest BCUT2D eigenvalue weighted by atomic mass is 9.72. The lowest BCUT2D eigenvalue weighted by Gasteiger charge is -2.38. The Hall–Kier alpha value is -0.970. The minimum Gasteiger partial charge on any atom is -0.379 e. The smallest absolute Gasteiger partial charge is 0.128 e. The second-order valence-electron chi connectivity index (χ2n) is 5.70. The summed E-state index contributed by atoms with van der Waals surface area (Å²) in [7, 11) is 0. The summed E-state index contributed by atoms with van der Waals surface area (Å²) in [5.41, 5.74) is 7.66. The standard InChI is InChI=1S/C15H21FN2O/c16-14-10-13(15(17)4-1-5-15)3-2-12(14)11-18-6-8-19-9-7-18/h2-3,10H,1,4-9,11,17H2. The lowest BCUT2D eigenvalue weighted by molar-refractivity contribution is 0.0337. The number of morpholine rings is 1. The molecule has 19 heavy (non-hydrogen) atoms. The molecular formula is C15H21FN2O. The molecule has 1 saturated carbocycles. The van der Waals surface area contributed by atoms with E-state index in [9.17, 15) is 4.39 Å². The molecule has 0 aromatic heterocycles. The summed E-state index contributed by atoms with van der Waals surface area (Å²) in [4.78, 5) is 2.23. The molecule has 2 fully saturated rings. The normalized spacial score (nSPS) is 23.1. The van der Waals surface area contributed by atoms with Gasteiger partial charge in [0.25, 0.3) is 0 Å². The van der Waals surface area contributed by atoms with Gasteiger partial charge in [0.05, 0.1) is 13.2 Å². The third-order valence-electron chi connectivity index (χ3n) is 4.37. The summed E-state index contributed by atoms with van der Waals surface area (Å²) in [6.07, 6.45) is 3.08. The molecule has 3 nitrogen and oxygen atoms in total. The van der Waals surface area contributed by atoms with Crippen molar-refractivity contribution in [3.05, 3.63) is 35.1 Å². The van der Waals surface area contributed by atoms with E-state index in [4.69, 9.17) is 10.5 Å². The molecule has 2 N–H and O–H groups in total. The van der Waals surface area contributed by atoms with E-state index in [0.29, 0.717) is 6.54 Å². The molecular weight excluding hydrogens is 243 g/mol. The van der Waals surface area contributed by atoms with E-state index >= 15 is 0 Å².